The van der Waals surface area contributed by atoms with E-state index in [-0.39, 0.29) is 5.91 Å². The lowest BCUT2D eigenvalue weighted by Crippen LogP contribution is -2.40. The average Bonchev–Trinajstić information content (AvgIpc) is 2.77. The number of carbonyl (C=O) groups excluding carboxylic acids is 1. The Morgan fingerprint density at radius 3 is 2.93 bits per heavy atom. The summed E-state index contributed by atoms with van der Waals surface area (Å²) in [5.74, 6) is 0.0464. The van der Waals surface area contributed by atoms with Crippen LogP contribution in [0.15, 0.2) is 0 Å². The van der Waals surface area contributed by atoms with Gasteiger partial charge in [-0.25, -0.2) is 0 Å². The van der Waals surface area contributed by atoms with Crippen LogP contribution in [0.1, 0.15) is 22.3 Å². The molecule has 5 nitrogen and oxygen atoms in total. The molecule has 0 spiro atoms. The molecule has 6 heteroatoms. The highest BCUT2D eigenvalue weighted by molar-refractivity contribution is 7.07. The Balaban J connectivity index is 2.12. The Labute approximate surface area is 92.2 Å². The summed E-state index contributed by atoms with van der Waals surface area (Å²) in [5.41, 5.74) is 0.802. The van der Waals surface area contributed by atoms with Gasteiger partial charge < -0.3 is 9.64 Å². The van der Waals surface area contributed by atoms with Gasteiger partial charge in [0.25, 0.3) is 5.91 Å². The molecule has 1 saturated heterocycles. The van der Waals surface area contributed by atoms with Gasteiger partial charge in [-0.15, -0.1) is 5.10 Å². The van der Waals surface area contributed by atoms with Gasteiger partial charge in [-0.05, 0) is 18.0 Å². The van der Waals surface area contributed by atoms with Crippen LogP contribution in [0.4, 0.5) is 0 Å². The largest absolute Gasteiger partial charge is 0.378 e. The highest BCUT2D eigenvalue weighted by Gasteiger charge is 2.22. The van der Waals surface area contributed by atoms with Gasteiger partial charge in [0, 0.05) is 13.1 Å². The lowest BCUT2D eigenvalue weighted by Gasteiger charge is -2.26. The number of nitrogens with zero attached hydrogens (tertiary/aromatic N) is 3. The molecule has 0 unspecified atom stereocenters. The van der Waals surface area contributed by atoms with E-state index in [1.807, 2.05) is 6.92 Å². The van der Waals surface area contributed by atoms with Crippen LogP contribution < -0.4 is 0 Å². The summed E-state index contributed by atoms with van der Waals surface area (Å²) in [6.07, 6.45) is 0.752. The fraction of sp³-hybridized carbons (Fsp3) is 0.667. The Bertz CT molecular complexity index is 347. The minimum atomic E-state index is 0.0464. The number of amides is 1. The molecule has 1 aromatic rings. The van der Waals surface area contributed by atoms with Crippen molar-refractivity contribution in [1.82, 2.24) is 14.5 Å². The predicted octanol–water partition coefficient (Wildman–Crippen LogP) is 0.573. The van der Waals surface area contributed by atoms with Gasteiger partial charge in [-0.1, -0.05) is 11.4 Å². The standard InChI is InChI=1S/C9H13N3O2S/c1-2-7-8(15-11-10-7)9(13)12-3-5-14-6-4-12/h2-6H2,1H3. The molecule has 1 amide bonds. The minimum absolute atomic E-state index is 0.0464. The van der Waals surface area contributed by atoms with E-state index >= 15 is 0 Å². The monoisotopic (exact) mass is 227 g/mol. The van der Waals surface area contributed by atoms with Gasteiger partial charge >= 0.3 is 0 Å². The zero-order valence-corrected chi connectivity index (χ0v) is 9.42. The maximum absolute atomic E-state index is 12.0. The quantitative estimate of drug-likeness (QED) is 0.741. The molecule has 0 atom stereocenters. The smallest absolute Gasteiger partial charge is 0.267 e. The Morgan fingerprint density at radius 1 is 1.53 bits per heavy atom. The van der Waals surface area contributed by atoms with Gasteiger partial charge in [0.15, 0.2) is 0 Å². The van der Waals surface area contributed by atoms with E-state index in [4.69, 9.17) is 4.74 Å². The maximum Gasteiger partial charge on any atom is 0.267 e. The average molecular weight is 227 g/mol. The number of morpholine rings is 1. The molecule has 1 aromatic heterocycles. The molecule has 2 heterocycles. The summed E-state index contributed by atoms with van der Waals surface area (Å²) in [6, 6.07) is 0. The van der Waals surface area contributed by atoms with Gasteiger partial charge in [-0.3, -0.25) is 4.79 Å². The van der Waals surface area contributed by atoms with E-state index in [2.05, 4.69) is 9.59 Å². The van der Waals surface area contributed by atoms with Crippen LogP contribution in [-0.2, 0) is 11.2 Å². The third kappa shape index (κ3) is 2.15. The van der Waals surface area contributed by atoms with E-state index in [1.54, 1.807) is 4.90 Å². The molecule has 82 valence electrons. The van der Waals surface area contributed by atoms with Crippen LogP contribution >= 0.6 is 11.5 Å². The van der Waals surface area contributed by atoms with E-state index in [9.17, 15) is 4.79 Å². The fourth-order valence-electron chi connectivity index (χ4n) is 1.51. The Hall–Kier alpha value is -1.01. The highest BCUT2D eigenvalue weighted by Crippen LogP contribution is 2.15. The van der Waals surface area contributed by atoms with Crippen molar-refractivity contribution in [1.29, 1.82) is 0 Å². The van der Waals surface area contributed by atoms with Crippen LogP contribution in [0.25, 0.3) is 0 Å². The third-order valence-electron chi connectivity index (χ3n) is 2.38. The van der Waals surface area contributed by atoms with Crippen molar-refractivity contribution >= 4 is 17.4 Å². The fourth-order valence-corrected chi connectivity index (χ4v) is 2.23. The zero-order chi connectivity index (χ0) is 10.7. The first-order valence-electron chi connectivity index (χ1n) is 5.01. The number of hydrogen-bond donors (Lipinski definition) is 0. The van der Waals surface area contributed by atoms with E-state index in [1.165, 1.54) is 11.5 Å². The molecule has 1 aliphatic rings. The zero-order valence-electron chi connectivity index (χ0n) is 8.60. The normalized spacial score (nSPS) is 16.7. The predicted molar refractivity (Wildman–Crippen MR) is 56.0 cm³/mol. The van der Waals surface area contributed by atoms with Crippen molar-refractivity contribution in [3.8, 4) is 0 Å². The molecular weight excluding hydrogens is 214 g/mol. The molecule has 0 radical (unpaired) electrons. The Kier molecular flexibility index (Phi) is 3.27. The van der Waals surface area contributed by atoms with Crippen LogP contribution in [0.2, 0.25) is 0 Å². The molecule has 0 N–H and O–H groups in total. The number of ether oxygens (including phenoxy) is 1. The first kappa shape index (κ1) is 10.5. The second kappa shape index (κ2) is 4.67. The molecular formula is C9H13N3O2S. The molecule has 0 bridgehead atoms. The molecule has 0 saturated carbocycles. The van der Waals surface area contributed by atoms with E-state index < -0.39 is 0 Å². The third-order valence-corrected chi connectivity index (χ3v) is 3.14. The summed E-state index contributed by atoms with van der Waals surface area (Å²) in [4.78, 5) is 14.5. The molecule has 2 rings (SSSR count). The summed E-state index contributed by atoms with van der Waals surface area (Å²) >= 11 is 1.18. The van der Waals surface area contributed by atoms with Crippen LogP contribution in [0, 0.1) is 0 Å². The number of carbonyl (C=O) groups is 1. The summed E-state index contributed by atoms with van der Waals surface area (Å²) in [5, 5.41) is 3.94. The van der Waals surface area contributed by atoms with Crippen LogP contribution in [0.3, 0.4) is 0 Å². The number of hydrogen-bond acceptors (Lipinski definition) is 5. The maximum atomic E-state index is 12.0. The second-order valence-electron chi connectivity index (χ2n) is 3.31. The van der Waals surface area contributed by atoms with Crippen LogP contribution in [-0.4, -0.2) is 46.7 Å². The minimum Gasteiger partial charge on any atom is -0.378 e. The second-order valence-corrected chi connectivity index (χ2v) is 4.06. The van der Waals surface area contributed by atoms with Crippen molar-refractivity contribution in [2.24, 2.45) is 0 Å². The van der Waals surface area contributed by atoms with Gasteiger partial charge in [0.1, 0.15) is 4.88 Å². The van der Waals surface area contributed by atoms with Crippen molar-refractivity contribution in [3.63, 3.8) is 0 Å². The topological polar surface area (TPSA) is 55.3 Å². The van der Waals surface area contributed by atoms with Crippen molar-refractivity contribution in [2.45, 2.75) is 13.3 Å². The van der Waals surface area contributed by atoms with Crippen LogP contribution in [0.5, 0.6) is 0 Å². The molecule has 1 aliphatic heterocycles. The first-order valence-corrected chi connectivity index (χ1v) is 5.78. The molecule has 15 heavy (non-hydrogen) atoms. The van der Waals surface area contributed by atoms with Gasteiger partial charge in [0.2, 0.25) is 0 Å². The van der Waals surface area contributed by atoms with Gasteiger partial charge in [-0.2, -0.15) is 0 Å². The Morgan fingerprint density at radius 2 is 2.27 bits per heavy atom. The molecule has 1 fully saturated rings. The number of rotatable bonds is 2. The summed E-state index contributed by atoms with van der Waals surface area (Å²) < 4.78 is 9.02. The van der Waals surface area contributed by atoms with Crippen molar-refractivity contribution in [2.75, 3.05) is 26.3 Å². The van der Waals surface area contributed by atoms with E-state index in [0.29, 0.717) is 31.2 Å². The summed E-state index contributed by atoms with van der Waals surface area (Å²) in [6.45, 7) is 4.56. The highest BCUT2D eigenvalue weighted by atomic mass is 32.1. The summed E-state index contributed by atoms with van der Waals surface area (Å²) in [7, 11) is 0. The van der Waals surface area contributed by atoms with E-state index in [0.717, 1.165) is 12.1 Å². The molecule has 0 aromatic carbocycles. The lowest BCUT2D eigenvalue weighted by molar-refractivity contribution is 0.0305. The number of aromatic nitrogens is 2. The SMILES string of the molecule is CCc1nnsc1C(=O)N1CCOCC1. The van der Waals surface area contributed by atoms with Crippen molar-refractivity contribution in [3.05, 3.63) is 10.6 Å². The molecule has 0 aliphatic carbocycles. The lowest BCUT2D eigenvalue weighted by atomic mass is 10.2. The number of aryl methyl sites for hydroxylation is 1. The van der Waals surface area contributed by atoms with Gasteiger partial charge in [0.05, 0.1) is 18.9 Å². The first-order chi connectivity index (χ1) is 7.33. The van der Waals surface area contributed by atoms with Crippen molar-refractivity contribution < 1.29 is 9.53 Å².